The summed E-state index contributed by atoms with van der Waals surface area (Å²) in [6.45, 7) is 2.30. The first-order chi connectivity index (χ1) is 12.3. The van der Waals surface area contributed by atoms with E-state index in [0.29, 0.717) is 13.0 Å². The second-order valence-electron chi connectivity index (χ2n) is 5.50. The lowest BCUT2D eigenvalue weighted by atomic mass is 10.1. The molecule has 1 heterocycles. The van der Waals surface area contributed by atoms with Gasteiger partial charge in [-0.2, -0.15) is 18.3 Å². The molecule has 1 N–H and O–H groups in total. The summed E-state index contributed by atoms with van der Waals surface area (Å²) in [5, 5.41) is 6.31. The van der Waals surface area contributed by atoms with Crippen LogP contribution in [0.5, 0.6) is 5.75 Å². The summed E-state index contributed by atoms with van der Waals surface area (Å²) in [6.07, 6.45) is -3.01. The summed E-state index contributed by atoms with van der Waals surface area (Å²) in [5.74, 6) is -0.668. The van der Waals surface area contributed by atoms with Gasteiger partial charge in [0.05, 0.1) is 18.4 Å². The van der Waals surface area contributed by atoms with Crippen LogP contribution in [-0.4, -0.2) is 22.8 Å². The molecule has 0 radical (unpaired) electrons. The zero-order chi connectivity index (χ0) is 19.3. The van der Waals surface area contributed by atoms with Gasteiger partial charge in [-0.1, -0.05) is 13.3 Å². The minimum Gasteiger partial charge on any atom is -0.495 e. The third kappa shape index (κ3) is 4.62. The van der Waals surface area contributed by atoms with Gasteiger partial charge in [0, 0.05) is 12.6 Å². The molecule has 9 heteroatoms. The highest BCUT2D eigenvalue weighted by atomic mass is 19.4. The molecule has 2 rings (SSSR count). The maximum atomic E-state index is 12.9. The fourth-order valence-corrected chi connectivity index (χ4v) is 2.21. The van der Waals surface area contributed by atoms with Crippen LogP contribution in [0.1, 0.15) is 35.8 Å². The zero-order valence-corrected chi connectivity index (χ0v) is 14.3. The van der Waals surface area contributed by atoms with Gasteiger partial charge in [0.1, 0.15) is 11.4 Å². The van der Waals surface area contributed by atoms with Crippen molar-refractivity contribution in [3.05, 3.63) is 51.9 Å². The Morgan fingerprint density at radius 2 is 2.00 bits per heavy atom. The Hall–Kier alpha value is -2.84. The Kier molecular flexibility index (Phi) is 6.01. The van der Waals surface area contributed by atoms with E-state index in [1.807, 2.05) is 6.92 Å². The molecular weight excluding hydrogens is 351 g/mol. The van der Waals surface area contributed by atoms with Gasteiger partial charge in [0.2, 0.25) is 0 Å². The molecule has 0 atom stereocenters. The molecule has 0 saturated heterocycles. The van der Waals surface area contributed by atoms with Crippen molar-refractivity contribution in [1.82, 2.24) is 9.78 Å². The highest BCUT2D eigenvalue weighted by molar-refractivity contribution is 6.03. The van der Waals surface area contributed by atoms with Crippen molar-refractivity contribution < 1.29 is 22.7 Å². The predicted molar refractivity (Wildman–Crippen MR) is 89.4 cm³/mol. The number of amides is 1. The molecule has 1 aromatic heterocycles. The van der Waals surface area contributed by atoms with Crippen LogP contribution in [-0.2, 0) is 12.7 Å². The maximum absolute atomic E-state index is 12.9. The Balaban J connectivity index is 2.31. The van der Waals surface area contributed by atoms with Crippen LogP contribution in [0.4, 0.5) is 18.9 Å². The summed E-state index contributed by atoms with van der Waals surface area (Å²) < 4.78 is 44.8. The number of ether oxygens (including phenoxy) is 1. The number of rotatable bonds is 6. The van der Waals surface area contributed by atoms with Gasteiger partial charge in [-0.3, -0.25) is 9.59 Å². The van der Waals surface area contributed by atoms with Gasteiger partial charge >= 0.3 is 6.18 Å². The van der Waals surface area contributed by atoms with E-state index in [9.17, 15) is 22.8 Å². The smallest absolute Gasteiger partial charge is 0.416 e. The van der Waals surface area contributed by atoms with Gasteiger partial charge in [0.25, 0.3) is 11.5 Å². The van der Waals surface area contributed by atoms with Crippen LogP contribution in [0.25, 0.3) is 0 Å². The minimum absolute atomic E-state index is 0.0747. The first kappa shape index (κ1) is 19.5. The minimum atomic E-state index is -4.56. The topological polar surface area (TPSA) is 73.2 Å². The fraction of sp³-hybridized carbons (Fsp3) is 0.353. The molecule has 0 fully saturated rings. The monoisotopic (exact) mass is 369 g/mol. The van der Waals surface area contributed by atoms with Crippen molar-refractivity contribution in [3.8, 4) is 5.75 Å². The number of halogens is 3. The van der Waals surface area contributed by atoms with Crippen molar-refractivity contribution in [1.29, 1.82) is 0 Å². The largest absolute Gasteiger partial charge is 0.495 e. The first-order valence-electron chi connectivity index (χ1n) is 7.91. The van der Waals surface area contributed by atoms with Gasteiger partial charge in [0.15, 0.2) is 0 Å². The lowest BCUT2D eigenvalue weighted by molar-refractivity contribution is -0.137. The maximum Gasteiger partial charge on any atom is 0.416 e. The van der Waals surface area contributed by atoms with E-state index in [4.69, 9.17) is 4.74 Å². The molecule has 0 aliphatic carbocycles. The van der Waals surface area contributed by atoms with E-state index >= 15 is 0 Å². The van der Waals surface area contributed by atoms with Crippen molar-refractivity contribution in [2.24, 2.45) is 0 Å². The van der Waals surface area contributed by atoms with Crippen LogP contribution in [0.2, 0.25) is 0 Å². The number of nitrogens with one attached hydrogen (secondary N) is 1. The number of unbranched alkanes of at least 4 members (excludes halogenated alkanes) is 1. The van der Waals surface area contributed by atoms with E-state index in [2.05, 4.69) is 10.4 Å². The number of benzene rings is 1. The number of aromatic nitrogens is 2. The third-order valence-corrected chi connectivity index (χ3v) is 3.60. The van der Waals surface area contributed by atoms with Crippen molar-refractivity contribution in [2.45, 2.75) is 32.5 Å². The van der Waals surface area contributed by atoms with E-state index in [1.165, 1.54) is 19.2 Å². The molecule has 0 aliphatic heterocycles. The number of aryl methyl sites for hydroxylation is 1. The second-order valence-corrected chi connectivity index (χ2v) is 5.50. The number of carbonyl (C=O) groups excluding carboxylic acids is 1. The number of hydrogen-bond acceptors (Lipinski definition) is 4. The van der Waals surface area contributed by atoms with Crippen LogP contribution >= 0.6 is 0 Å². The molecule has 0 bridgehead atoms. The summed E-state index contributed by atoms with van der Waals surface area (Å²) >= 11 is 0. The average Bonchev–Trinajstić information content (AvgIpc) is 2.60. The summed E-state index contributed by atoms with van der Waals surface area (Å²) in [6, 6.07) is 5.18. The molecule has 2 aromatic rings. The van der Waals surface area contributed by atoms with Crippen molar-refractivity contribution in [2.75, 3.05) is 12.4 Å². The Bertz CT molecular complexity index is 847. The Labute approximate surface area is 147 Å². The number of methoxy groups -OCH3 is 1. The summed E-state index contributed by atoms with van der Waals surface area (Å²) in [4.78, 5) is 24.1. The van der Waals surface area contributed by atoms with Gasteiger partial charge in [-0.25, -0.2) is 4.68 Å². The number of carbonyl (C=O) groups is 1. The second kappa shape index (κ2) is 8.03. The van der Waals surface area contributed by atoms with Crippen LogP contribution in [0, 0.1) is 0 Å². The highest BCUT2D eigenvalue weighted by Crippen LogP contribution is 2.35. The molecule has 0 saturated carbocycles. The zero-order valence-electron chi connectivity index (χ0n) is 14.3. The summed E-state index contributed by atoms with van der Waals surface area (Å²) in [5.41, 5.74) is -1.50. The molecule has 6 nitrogen and oxygen atoms in total. The number of alkyl halides is 3. The standard InChI is InChI=1S/C17H18F3N3O3/c1-3-4-9-23-15(24)8-6-12(22-23)16(25)21-13-10-11(17(18,19)20)5-7-14(13)26-2/h5-8,10H,3-4,9H2,1-2H3,(H,21,25). The molecular formula is C17H18F3N3O3. The summed E-state index contributed by atoms with van der Waals surface area (Å²) in [7, 11) is 1.28. The predicted octanol–water partition coefficient (Wildman–Crippen LogP) is 3.32. The molecule has 1 amide bonds. The molecule has 0 aliphatic rings. The van der Waals surface area contributed by atoms with Crippen molar-refractivity contribution in [3.63, 3.8) is 0 Å². The highest BCUT2D eigenvalue weighted by Gasteiger charge is 2.31. The van der Waals surface area contributed by atoms with Crippen LogP contribution < -0.4 is 15.6 Å². The molecule has 0 spiro atoms. The quantitative estimate of drug-likeness (QED) is 0.848. The normalized spacial score (nSPS) is 11.3. The first-order valence-corrected chi connectivity index (χ1v) is 7.91. The van der Waals surface area contributed by atoms with E-state index in [-0.39, 0.29) is 22.7 Å². The van der Waals surface area contributed by atoms with Crippen LogP contribution in [0.15, 0.2) is 35.1 Å². The van der Waals surface area contributed by atoms with Gasteiger partial charge in [-0.15, -0.1) is 0 Å². The van der Waals surface area contributed by atoms with Gasteiger partial charge < -0.3 is 10.1 Å². The Morgan fingerprint density at radius 1 is 1.27 bits per heavy atom. The molecule has 0 unspecified atom stereocenters. The molecule has 1 aromatic carbocycles. The van der Waals surface area contributed by atoms with E-state index in [0.717, 1.165) is 29.3 Å². The lowest BCUT2D eigenvalue weighted by Crippen LogP contribution is -2.26. The lowest BCUT2D eigenvalue weighted by Gasteiger charge is -2.14. The number of nitrogens with zero attached hydrogens (tertiary/aromatic N) is 2. The molecule has 140 valence electrons. The Morgan fingerprint density at radius 3 is 2.62 bits per heavy atom. The van der Waals surface area contributed by atoms with Crippen molar-refractivity contribution >= 4 is 11.6 Å². The third-order valence-electron chi connectivity index (χ3n) is 3.60. The number of anilines is 1. The fourth-order valence-electron chi connectivity index (χ4n) is 2.21. The number of hydrogen-bond donors (Lipinski definition) is 1. The SMILES string of the molecule is CCCCn1nc(C(=O)Nc2cc(C(F)(F)F)ccc2OC)ccc1=O. The van der Waals surface area contributed by atoms with E-state index < -0.39 is 17.6 Å². The average molecular weight is 369 g/mol. The van der Waals surface area contributed by atoms with E-state index in [1.54, 1.807) is 0 Å². The van der Waals surface area contributed by atoms with Crippen LogP contribution in [0.3, 0.4) is 0 Å². The van der Waals surface area contributed by atoms with Gasteiger partial charge in [-0.05, 0) is 30.7 Å². The molecule has 26 heavy (non-hydrogen) atoms.